The molecule has 0 radical (unpaired) electrons. The second-order valence-corrected chi connectivity index (χ2v) is 4.75. The quantitative estimate of drug-likeness (QED) is 0.807. The number of likely N-dealkylation sites (N-methyl/N-ethyl adjacent to an activating group) is 1. The minimum Gasteiger partial charge on any atom is -0.342 e. The van der Waals surface area contributed by atoms with Gasteiger partial charge in [0.1, 0.15) is 0 Å². The van der Waals surface area contributed by atoms with Crippen molar-refractivity contribution in [3.8, 4) is 0 Å². The number of aryl methyl sites for hydroxylation is 2. The van der Waals surface area contributed by atoms with E-state index >= 15 is 0 Å². The van der Waals surface area contributed by atoms with Gasteiger partial charge in [-0.25, -0.2) is 0 Å². The molecule has 1 N–H and O–H groups in total. The first kappa shape index (κ1) is 12.1. The summed E-state index contributed by atoms with van der Waals surface area (Å²) in [7, 11) is 3.79. The Morgan fingerprint density at radius 3 is 2.88 bits per heavy atom. The lowest BCUT2D eigenvalue weighted by molar-refractivity contribution is -0.129. The summed E-state index contributed by atoms with van der Waals surface area (Å²) >= 11 is 0. The number of carbonyl (C=O) groups excluding carboxylic acids is 1. The number of hydrogen-bond acceptors (Lipinski definition) is 3. The van der Waals surface area contributed by atoms with Gasteiger partial charge >= 0.3 is 0 Å². The van der Waals surface area contributed by atoms with E-state index in [1.165, 1.54) is 0 Å². The van der Waals surface area contributed by atoms with Gasteiger partial charge in [-0.15, -0.1) is 0 Å². The molecule has 1 aromatic rings. The number of aromatic nitrogens is 2. The third-order valence-corrected chi connectivity index (χ3v) is 3.19. The fraction of sp³-hybridized carbons (Fsp3) is 0.667. The van der Waals surface area contributed by atoms with Crippen molar-refractivity contribution >= 4 is 5.91 Å². The van der Waals surface area contributed by atoms with Gasteiger partial charge in [-0.3, -0.25) is 9.48 Å². The first-order chi connectivity index (χ1) is 8.08. The highest BCUT2D eigenvalue weighted by Gasteiger charge is 2.28. The van der Waals surface area contributed by atoms with Crippen LogP contribution in [0.1, 0.15) is 24.1 Å². The maximum absolute atomic E-state index is 11.7. The second-order valence-electron chi connectivity index (χ2n) is 4.75. The van der Waals surface area contributed by atoms with E-state index in [0.717, 1.165) is 24.1 Å². The van der Waals surface area contributed by atoms with Gasteiger partial charge in [-0.2, -0.15) is 5.10 Å². The third-order valence-electron chi connectivity index (χ3n) is 3.19. The van der Waals surface area contributed by atoms with Crippen molar-refractivity contribution in [2.75, 3.05) is 13.6 Å². The summed E-state index contributed by atoms with van der Waals surface area (Å²) in [5.74, 6) is 0.175. The molecule has 5 heteroatoms. The summed E-state index contributed by atoms with van der Waals surface area (Å²) in [4.78, 5) is 13.6. The van der Waals surface area contributed by atoms with Crippen LogP contribution >= 0.6 is 0 Å². The highest BCUT2D eigenvalue weighted by molar-refractivity contribution is 5.78. The van der Waals surface area contributed by atoms with Crippen LogP contribution < -0.4 is 5.32 Å². The molecule has 0 spiro atoms. The Labute approximate surface area is 102 Å². The number of hydrogen-bond donors (Lipinski definition) is 1. The van der Waals surface area contributed by atoms with Crippen LogP contribution in [0.5, 0.6) is 0 Å². The molecule has 1 amide bonds. The van der Waals surface area contributed by atoms with E-state index in [4.69, 9.17) is 0 Å². The van der Waals surface area contributed by atoms with Gasteiger partial charge in [0, 0.05) is 38.4 Å². The number of rotatable bonds is 5. The van der Waals surface area contributed by atoms with Crippen molar-refractivity contribution in [1.82, 2.24) is 20.0 Å². The van der Waals surface area contributed by atoms with E-state index in [1.54, 1.807) is 4.68 Å². The Bertz CT molecular complexity index is 409. The van der Waals surface area contributed by atoms with Gasteiger partial charge in [0.15, 0.2) is 0 Å². The molecule has 1 heterocycles. The molecular formula is C12H20N4O. The smallest absolute Gasteiger partial charge is 0.236 e. The number of nitrogens with one attached hydrogen (secondary N) is 1. The minimum atomic E-state index is 0.175. The largest absolute Gasteiger partial charge is 0.342 e. The van der Waals surface area contributed by atoms with E-state index in [0.29, 0.717) is 19.1 Å². The summed E-state index contributed by atoms with van der Waals surface area (Å²) in [5, 5.41) is 7.44. The van der Waals surface area contributed by atoms with Gasteiger partial charge < -0.3 is 10.2 Å². The summed E-state index contributed by atoms with van der Waals surface area (Å²) in [6.45, 7) is 3.08. The number of nitrogens with zero attached hydrogens (tertiary/aromatic N) is 3. The average molecular weight is 236 g/mol. The Balaban J connectivity index is 1.75. The van der Waals surface area contributed by atoms with Gasteiger partial charge in [0.2, 0.25) is 5.91 Å². The lowest BCUT2D eigenvalue weighted by Gasteiger charge is -2.16. The van der Waals surface area contributed by atoms with E-state index in [2.05, 4.69) is 10.4 Å². The molecule has 0 saturated heterocycles. The monoisotopic (exact) mass is 236 g/mol. The maximum Gasteiger partial charge on any atom is 0.236 e. The predicted octanol–water partition coefficient (Wildman–Crippen LogP) is 0.439. The fourth-order valence-electron chi connectivity index (χ4n) is 1.92. The molecule has 1 aromatic heterocycles. The number of amides is 1. The lowest BCUT2D eigenvalue weighted by Crippen LogP contribution is -2.36. The zero-order valence-electron chi connectivity index (χ0n) is 10.7. The molecule has 0 atom stereocenters. The first-order valence-electron chi connectivity index (χ1n) is 6.03. The molecule has 0 bridgehead atoms. The lowest BCUT2D eigenvalue weighted by atomic mass is 10.2. The van der Waals surface area contributed by atoms with Gasteiger partial charge in [0.05, 0.1) is 12.2 Å². The average Bonchev–Trinajstić information content (AvgIpc) is 3.05. The Morgan fingerprint density at radius 1 is 1.65 bits per heavy atom. The highest BCUT2D eigenvalue weighted by Crippen LogP contribution is 2.25. The molecule has 0 aliphatic heterocycles. The van der Waals surface area contributed by atoms with Crippen LogP contribution in [-0.4, -0.2) is 40.2 Å². The van der Waals surface area contributed by atoms with Crippen LogP contribution in [0.4, 0.5) is 0 Å². The van der Waals surface area contributed by atoms with Crippen LogP contribution in [-0.2, 0) is 18.4 Å². The van der Waals surface area contributed by atoms with E-state index in [-0.39, 0.29) is 5.91 Å². The Kier molecular flexibility index (Phi) is 3.47. The van der Waals surface area contributed by atoms with Crippen LogP contribution in [0, 0.1) is 6.92 Å². The molecule has 1 fully saturated rings. The normalized spacial score (nSPS) is 15.0. The fourth-order valence-corrected chi connectivity index (χ4v) is 1.92. The molecule has 0 aromatic carbocycles. The predicted molar refractivity (Wildman–Crippen MR) is 65.4 cm³/mol. The molecule has 5 nitrogen and oxygen atoms in total. The molecule has 94 valence electrons. The molecule has 1 aliphatic rings. The SMILES string of the molecule is Cc1nn(C)cc1CNCC(=O)N(C)C1CC1. The maximum atomic E-state index is 11.7. The zero-order valence-corrected chi connectivity index (χ0v) is 10.7. The van der Waals surface area contributed by atoms with Gasteiger partial charge in [-0.05, 0) is 19.8 Å². The van der Waals surface area contributed by atoms with Crippen molar-refractivity contribution in [2.45, 2.75) is 32.4 Å². The summed E-state index contributed by atoms with van der Waals surface area (Å²) < 4.78 is 1.80. The molecule has 2 rings (SSSR count). The minimum absolute atomic E-state index is 0.175. The Hall–Kier alpha value is -1.36. The van der Waals surface area contributed by atoms with Crippen LogP contribution in [0.25, 0.3) is 0 Å². The van der Waals surface area contributed by atoms with Gasteiger partial charge in [0.25, 0.3) is 0 Å². The van der Waals surface area contributed by atoms with Crippen LogP contribution in [0.3, 0.4) is 0 Å². The van der Waals surface area contributed by atoms with Crippen molar-refractivity contribution in [2.24, 2.45) is 7.05 Å². The van der Waals surface area contributed by atoms with Crippen molar-refractivity contribution in [3.05, 3.63) is 17.5 Å². The van der Waals surface area contributed by atoms with Gasteiger partial charge in [-0.1, -0.05) is 0 Å². The summed E-state index contributed by atoms with van der Waals surface area (Å²) in [5.41, 5.74) is 2.16. The van der Waals surface area contributed by atoms with Crippen molar-refractivity contribution < 1.29 is 4.79 Å². The number of carbonyl (C=O) groups is 1. The van der Waals surface area contributed by atoms with Crippen molar-refractivity contribution in [1.29, 1.82) is 0 Å². The van der Waals surface area contributed by atoms with E-state index in [9.17, 15) is 4.79 Å². The standard InChI is InChI=1S/C12H20N4O/c1-9-10(8-15(2)14-9)6-13-7-12(17)16(3)11-4-5-11/h8,11,13H,4-7H2,1-3H3. The second kappa shape index (κ2) is 4.87. The zero-order chi connectivity index (χ0) is 12.4. The first-order valence-corrected chi connectivity index (χ1v) is 6.03. The third kappa shape index (κ3) is 3.06. The molecule has 0 unspecified atom stereocenters. The summed E-state index contributed by atoms with van der Waals surface area (Å²) in [6, 6.07) is 0.490. The topological polar surface area (TPSA) is 50.2 Å². The Morgan fingerprint density at radius 2 is 2.35 bits per heavy atom. The van der Waals surface area contributed by atoms with Crippen LogP contribution in [0.2, 0.25) is 0 Å². The molecule has 17 heavy (non-hydrogen) atoms. The van der Waals surface area contributed by atoms with Crippen LogP contribution in [0.15, 0.2) is 6.20 Å². The molecule has 1 aliphatic carbocycles. The molecular weight excluding hydrogens is 216 g/mol. The van der Waals surface area contributed by atoms with E-state index in [1.807, 2.05) is 32.1 Å². The highest BCUT2D eigenvalue weighted by atomic mass is 16.2. The summed E-state index contributed by atoms with van der Waals surface area (Å²) in [6.07, 6.45) is 4.30. The molecule has 1 saturated carbocycles. The van der Waals surface area contributed by atoms with Crippen molar-refractivity contribution in [3.63, 3.8) is 0 Å². The van der Waals surface area contributed by atoms with E-state index < -0.39 is 0 Å².